The first-order chi connectivity index (χ1) is 11.6. The third-order valence-electron chi connectivity index (χ3n) is 5.71. The van der Waals surface area contributed by atoms with Crippen molar-refractivity contribution in [2.24, 2.45) is 5.41 Å². The van der Waals surface area contributed by atoms with Gasteiger partial charge in [-0.05, 0) is 63.6 Å². The second kappa shape index (κ2) is 6.49. The highest BCUT2D eigenvalue weighted by Gasteiger charge is 2.51. The first-order valence-corrected chi connectivity index (χ1v) is 10.0. The van der Waals surface area contributed by atoms with Gasteiger partial charge in [-0.3, -0.25) is 0 Å². The van der Waals surface area contributed by atoms with Crippen LogP contribution in [0.1, 0.15) is 56.3 Å². The third kappa shape index (κ3) is 3.39. The molecule has 1 spiro atoms. The maximum Gasteiger partial charge on any atom is 0.407 e. The van der Waals surface area contributed by atoms with Crippen molar-refractivity contribution in [3.63, 3.8) is 0 Å². The lowest BCUT2D eigenvalue weighted by Gasteiger charge is -2.43. The number of likely N-dealkylation sites (tertiary alicyclic amines) is 1. The van der Waals surface area contributed by atoms with E-state index in [1.165, 1.54) is 21.6 Å². The van der Waals surface area contributed by atoms with Gasteiger partial charge in [0.05, 0.1) is 6.04 Å². The Balaban J connectivity index is 1.92. The third-order valence-corrected chi connectivity index (χ3v) is 7.27. The lowest BCUT2D eigenvalue weighted by Crippen LogP contribution is -2.50. The zero-order valence-corrected chi connectivity index (χ0v) is 16.3. The van der Waals surface area contributed by atoms with Crippen LogP contribution in [0.2, 0.25) is 0 Å². The summed E-state index contributed by atoms with van der Waals surface area (Å²) in [4.78, 5) is 12.8. The van der Waals surface area contributed by atoms with E-state index in [0.717, 1.165) is 19.3 Å². The second-order valence-corrected chi connectivity index (χ2v) is 10.4. The SMILES string of the molecule is Cc1cccc2c1CC1(CCN(C(=O)O)CC1)[C@H]2N[S@+]([O-])C(C)(C)C. The molecule has 0 radical (unpaired) electrons. The lowest BCUT2D eigenvalue weighted by atomic mass is 9.73. The quantitative estimate of drug-likeness (QED) is 0.789. The topological polar surface area (TPSA) is 75.6 Å². The number of piperidine rings is 1. The number of hydrogen-bond acceptors (Lipinski definition) is 3. The minimum atomic E-state index is -1.17. The zero-order valence-electron chi connectivity index (χ0n) is 15.5. The molecule has 138 valence electrons. The number of fused-ring (bicyclic) bond motifs is 1. The van der Waals surface area contributed by atoms with Crippen LogP contribution in [0, 0.1) is 12.3 Å². The number of rotatable bonds is 2. The molecule has 1 amide bonds. The smallest absolute Gasteiger partial charge is 0.407 e. The average molecular weight is 365 g/mol. The molecule has 1 aliphatic carbocycles. The largest absolute Gasteiger partial charge is 0.598 e. The van der Waals surface area contributed by atoms with Crippen LogP contribution >= 0.6 is 0 Å². The zero-order chi connectivity index (χ0) is 18.4. The molecule has 1 aromatic rings. The van der Waals surface area contributed by atoms with E-state index < -0.39 is 17.5 Å². The van der Waals surface area contributed by atoms with Crippen molar-refractivity contribution in [3.8, 4) is 0 Å². The van der Waals surface area contributed by atoms with Gasteiger partial charge in [0.1, 0.15) is 4.75 Å². The summed E-state index contributed by atoms with van der Waals surface area (Å²) in [5, 5.41) is 9.27. The highest BCUT2D eigenvalue weighted by molar-refractivity contribution is 7.90. The molecular formula is C19H28N2O3S. The Hall–Kier alpha value is -1.24. The molecule has 0 unspecified atom stereocenters. The number of benzene rings is 1. The molecule has 2 N–H and O–H groups in total. The Kier molecular flexibility index (Phi) is 4.81. The Bertz CT molecular complexity index is 663. The summed E-state index contributed by atoms with van der Waals surface area (Å²) in [7, 11) is 0. The first kappa shape index (κ1) is 18.5. The fourth-order valence-electron chi connectivity index (χ4n) is 4.10. The molecule has 2 atom stereocenters. The van der Waals surface area contributed by atoms with Gasteiger partial charge in [-0.2, -0.15) is 0 Å². The minimum absolute atomic E-state index is 0.0124. The normalized spacial score (nSPS) is 23.6. The summed E-state index contributed by atoms with van der Waals surface area (Å²) in [6.07, 6.45) is 1.68. The lowest BCUT2D eigenvalue weighted by molar-refractivity contribution is 0.0764. The van der Waals surface area contributed by atoms with Crippen molar-refractivity contribution in [1.82, 2.24) is 9.62 Å². The van der Waals surface area contributed by atoms with Crippen molar-refractivity contribution in [2.45, 2.75) is 57.7 Å². The predicted octanol–water partition coefficient (Wildman–Crippen LogP) is 3.40. The van der Waals surface area contributed by atoms with Crippen LogP contribution in [0.25, 0.3) is 0 Å². The fraction of sp³-hybridized carbons (Fsp3) is 0.632. The molecule has 1 saturated heterocycles. The number of hydrogen-bond donors (Lipinski definition) is 2. The van der Waals surface area contributed by atoms with Crippen molar-refractivity contribution in [2.75, 3.05) is 13.1 Å². The first-order valence-electron chi connectivity index (χ1n) is 8.88. The van der Waals surface area contributed by atoms with Crippen LogP contribution in [-0.2, 0) is 17.8 Å². The van der Waals surface area contributed by atoms with E-state index in [4.69, 9.17) is 0 Å². The van der Waals surface area contributed by atoms with Gasteiger partial charge in [0.15, 0.2) is 0 Å². The number of carbonyl (C=O) groups is 1. The predicted molar refractivity (Wildman–Crippen MR) is 99.9 cm³/mol. The summed E-state index contributed by atoms with van der Waals surface area (Å²) < 4.78 is 15.9. The van der Waals surface area contributed by atoms with Crippen LogP contribution in [0.4, 0.5) is 4.79 Å². The summed E-state index contributed by atoms with van der Waals surface area (Å²) >= 11 is -1.17. The van der Waals surface area contributed by atoms with Gasteiger partial charge in [-0.25, -0.2) is 4.79 Å². The van der Waals surface area contributed by atoms with Crippen LogP contribution < -0.4 is 4.72 Å². The highest BCUT2D eigenvalue weighted by atomic mass is 32.2. The summed E-state index contributed by atoms with van der Waals surface area (Å²) in [6, 6.07) is 6.34. The molecule has 5 nitrogen and oxygen atoms in total. The highest BCUT2D eigenvalue weighted by Crippen LogP contribution is 2.53. The molecule has 3 rings (SSSR count). The van der Waals surface area contributed by atoms with Crippen molar-refractivity contribution in [1.29, 1.82) is 0 Å². The molecule has 0 bridgehead atoms. The van der Waals surface area contributed by atoms with E-state index in [1.54, 1.807) is 0 Å². The van der Waals surface area contributed by atoms with E-state index in [1.807, 2.05) is 20.8 Å². The van der Waals surface area contributed by atoms with Crippen LogP contribution in [-0.4, -0.2) is 38.5 Å². The average Bonchev–Trinajstić information content (AvgIpc) is 2.82. The van der Waals surface area contributed by atoms with E-state index in [-0.39, 0.29) is 16.2 Å². The van der Waals surface area contributed by atoms with E-state index in [0.29, 0.717) is 13.1 Å². The maximum absolute atomic E-state index is 12.8. The van der Waals surface area contributed by atoms with Gasteiger partial charge in [0.25, 0.3) is 0 Å². The van der Waals surface area contributed by atoms with Gasteiger partial charge in [0.2, 0.25) is 0 Å². The summed E-state index contributed by atoms with van der Waals surface area (Å²) in [6.45, 7) is 9.14. The Morgan fingerprint density at radius 1 is 1.36 bits per heavy atom. The molecule has 2 aliphatic rings. The van der Waals surface area contributed by atoms with Crippen molar-refractivity contribution in [3.05, 3.63) is 34.9 Å². The van der Waals surface area contributed by atoms with Crippen LogP contribution in [0.3, 0.4) is 0 Å². The van der Waals surface area contributed by atoms with E-state index in [2.05, 4.69) is 29.8 Å². The maximum atomic E-state index is 12.8. The van der Waals surface area contributed by atoms with Crippen LogP contribution in [0.5, 0.6) is 0 Å². The molecule has 0 aromatic heterocycles. The molecule has 0 saturated carbocycles. The summed E-state index contributed by atoms with van der Waals surface area (Å²) in [5.41, 5.74) is 3.79. The molecule has 1 heterocycles. The Morgan fingerprint density at radius 2 is 2.00 bits per heavy atom. The number of nitrogens with zero attached hydrogens (tertiary/aromatic N) is 1. The Morgan fingerprint density at radius 3 is 2.56 bits per heavy atom. The molecule has 1 aromatic carbocycles. The molecule has 1 aliphatic heterocycles. The van der Waals surface area contributed by atoms with E-state index >= 15 is 0 Å². The van der Waals surface area contributed by atoms with Crippen LogP contribution in [0.15, 0.2) is 18.2 Å². The molecule has 6 heteroatoms. The number of carboxylic acid groups (broad SMARTS) is 1. The standard InChI is InChI=1S/C19H28N2O3S/c1-13-6-5-7-14-15(13)12-19(8-10-21(11-9-19)17(22)23)16(14)20-25(24)18(2,3)4/h5-7,16,20H,8-12H2,1-4H3,(H,22,23)/t16-,25+/m0/s1. The van der Waals surface area contributed by atoms with Gasteiger partial charge in [0, 0.05) is 29.9 Å². The summed E-state index contributed by atoms with van der Waals surface area (Å²) in [5.74, 6) is 0. The Labute approximate surface area is 153 Å². The number of aryl methyl sites for hydroxylation is 1. The van der Waals surface area contributed by atoms with Crippen molar-refractivity contribution < 1.29 is 14.5 Å². The van der Waals surface area contributed by atoms with Gasteiger partial charge in [-0.15, -0.1) is 4.72 Å². The number of nitrogens with one attached hydrogen (secondary N) is 1. The van der Waals surface area contributed by atoms with E-state index in [9.17, 15) is 14.5 Å². The van der Waals surface area contributed by atoms with Gasteiger partial charge < -0.3 is 14.6 Å². The second-order valence-electron chi connectivity index (χ2n) is 8.38. The minimum Gasteiger partial charge on any atom is -0.598 e. The molecular weight excluding hydrogens is 336 g/mol. The van der Waals surface area contributed by atoms with Gasteiger partial charge >= 0.3 is 6.09 Å². The van der Waals surface area contributed by atoms with Gasteiger partial charge in [-0.1, -0.05) is 18.2 Å². The fourth-order valence-corrected chi connectivity index (χ4v) is 5.05. The van der Waals surface area contributed by atoms with Crippen molar-refractivity contribution >= 4 is 17.5 Å². The monoisotopic (exact) mass is 364 g/mol. The molecule has 1 fully saturated rings. The number of amides is 1. The molecule has 25 heavy (non-hydrogen) atoms.